The van der Waals surface area contributed by atoms with Gasteiger partial charge in [-0.15, -0.1) is 0 Å². The van der Waals surface area contributed by atoms with E-state index >= 15 is 0 Å². The lowest BCUT2D eigenvalue weighted by Crippen LogP contribution is -2.50. The van der Waals surface area contributed by atoms with Crippen molar-refractivity contribution in [3.8, 4) is 0 Å². The van der Waals surface area contributed by atoms with Crippen LogP contribution >= 0.6 is 0 Å². The number of anilines is 2. The van der Waals surface area contributed by atoms with Gasteiger partial charge < -0.3 is 39.4 Å². The molecule has 0 unspecified atom stereocenters. The van der Waals surface area contributed by atoms with Crippen LogP contribution in [0.1, 0.15) is 86.1 Å². The second-order valence-electron chi connectivity index (χ2n) is 14.7. The quantitative estimate of drug-likeness (QED) is 0.349. The summed E-state index contributed by atoms with van der Waals surface area (Å²) < 4.78 is 23.9. The Labute approximate surface area is 277 Å². The van der Waals surface area contributed by atoms with Gasteiger partial charge >= 0.3 is 12.2 Å². The van der Waals surface area contributed by atoms with Gasteiger partial charge in [-0.1, -0.05) is 13.8 Å². The van der Waals surface area contributed by atoms with Crippen LogP contribution < -0.4 is 10.6 Å². The van der Waals surface area contributed by atoms with Gasteiger partial charge in [0.15, 0.2) is 5.65 Å². The molecule has 2 N–H and O–H groups in total. The molecular formula is C33H53N7O7. The zero-order chi connectivity index (χ0) is 34.5. The molecule has 0 saturated carbocycles. The first-order valence-electron chi connectivity index (χ1n) is 16.5. The van der Waals surface area contributed by atoms with Crippen LogP contribution in [0.5, 0.6) is 0 Å². The molecule has 0 aromatic carbocycles. The van der Waals surface area contributed by atoms with Crippen molar-refractivity contribution in [1.29, 1.82) is 0 Å². The number of methoxy groups -OCH3 is 1. The van der Waals surface area contributed by atoms with Gasteiger partial charge in [0.1, 0.15) is 29.6 Å². The molecule has 262 valence electrons. The molecular weight excluding hydrogens is 606 g/mol. The Hall–Kier alpha value is -3.65. The standard InChI is InChI=1S/C33H53N7O7/c1-21(2)24-18-35-40-27(37-29(41)22-10-13-38(14-11-22)30(42)46-32(3,4)5)16-26(36-28(24)40)34-17-23-12-15-39(19-25(23)45-20-44-9)31(43)47-33(6,7)8/h16,18,21-23,25H,10-15,17,19-20H2,1-9H3,(H,34,36)(H,37,41)/t23-,25+/m1/s1. The van der Waals surface area contributed by atoms with Crippen LogP contribution in [0, 0.1) is 11.8 Å². The number of carbonyl (C=O) groups excluding carboxylic acids is 3. The molecule has 4 heterocycles. The van der Waals surface area contributed by atoms with Crippen LogP contribution in [0.3, 0.4) is 0 Å². The first-order chi connectivity index (χ1) is 22.0. The maximum Gasteiger partial charge on any atom is 0.410 e. The van der Waals surface area contributed by atoms with Gasteiger partial charge in [0.2, 0.25) is 5.91 Å². The van der Waals surface area contributed by atoms with Crippen molar-refractivity contribution in [2.75, 3.05) is 57.3 Å². The maximum absolute atomic E-state index is 13.5. The van der Waals surface area contributed by atoms with Gasteiger partial charge in [-0.25, -0.2) is 14.6 Å². The molecule has 2 fully saturated rings. The Morgan fingerprint density at radius 3 is 2.17 bits per heavy atom. The fourth-order valence-electron chi connectivity index (χ4n) is 5.72. The summed E-state index contributed by atoms with van der Waals surface area (Å²) in [5.41, 5.74) is 0.460. The SMILES string of the molecule is COCO[C@H]1CN(C(=O)OC(C)(C)C)CC[C@@H]1CNc1cc(NC(=O)C2CCN(C(=O)OC(C)(C)C)CC2)n2ncc(C(C)C)c2n1. The minimum absolute atomic E-state index is 0.0598. The highest BCUT2D eigenvalue weighted by atomic mass is 16.7. The van der Waals surface area contributed by atoms with E-state index in [9.17, 15) is 14.4 Å². The molecule has 47 heavy (non-hydrogen) atoms. The number of rotatable bonds is 9. The van der Waals surface area contributed by atoms with Gasteiger partial charge in [0, 0.05) is 56.8 Å². The Morgan fingerprint density at radius 2 is 1.57 bits per heavy atom. The Kier molecular flexibility index (Phi) is 11.6. The monoisotopic (exact) mass is 659 g/mol. The molecule has 2 aliphatic rings. The molecule has 0 radical (unpaired) electrons. The van der Waals surface area contributed by atoms with Crippen LogP contribution in [0.15, 0.2) is 12.3 Å². The Bertz CT molecular complexity index is 1390. The number of aromatic nitrogens is 3. The largest absolute Gasteiger partial charge is 0.444 e. The van der Waals surface area contributed by atoms with E-state index in [4.69, 9.17) is 23.9 Å². The smallest absolute Gasteiger partial charge is 0.410 e. The highest BCUT2D eigenvalue weighted by Gasteiger charge is 2.35. The average Bonchev–Trinajstić information content (AvgIpc) is 3.42. The summed E-state index contributed by atoms with van der Waals surface area (Å²) in [6, 6.07) is 1.79. The lowest BCUT2D eigenvalue weighted by Gasteiger charge is -2.38. The van der Waals surface area contributed by atoms with Crippen molar-refractivity contribution in [2.45, 2.75) is 97.9 Å². The summed E-state index contributed by atoms with van der Waals surface area (Å²) in [5, 5.41) is 11.1. The molecule has 2 saturated heterocycles. The minimum Gasteiger partial charge on any atom is -0.444 e. The summed E-state index contributed by atoms with van der Waals surface area (Å²) in [6.07, 6.45) is 2.55. The van der Waals surface area contributed by atoms with Crippen molar-refractivity contribution in [2.24, 2.45) is 11.8 Å². The lowest BCUT2D eigenvalue weighted by atomic mass is 9.93. The molecule has 14 heteroatoms. The van der Waals surface area contributed by atoms with Crippen LogP contribution in [-0.2, 0) is 23.7 Å². The average molecular weight is 660 g/mol. The van der Waals surface area contributed by atoms with Crippen molar-refractivity contribution in [3.63, 3.8) is 0 Å². The summed E-state index contributed by atoms with van der Waals surface area (Å²) in [7, 11) is 1.57. The number of fused-ring (bicyclic) bond motifs is 1. The number of ether oxygens (including phenoxy) is 4. The number of nitrogens with zero attached hydrogens (tertiary/aromatic N) is 5. The zero-order valence-corrected chi connectivity index (χ0v) is 29.4. The minimum atomic E-state index is -0.588. The third kappa shape index (κ3) is 9.92. The molecule has 2 aromatic rings. The van der Waals surface area contributed by atoms with Crippen LogP contribution in [-0.4, -0.2) is 106 Å². The molecule has 0 bridgehead atoms. The van der Waals surface area contributed by atoms with Crippen LogP contribution in [0.4, 0.5) is 21.2 Å². The third-order valence-corrected chi connectivity index (χ3v) is 8.18. The van der Waals surface area contributed by atoms with E-state index < -0.39 is 11.2 Å². The van der Waals surface area contributed by atoms with E-state index in [0.29, 0.717) is 69.3 Å². The summed E-state index contributed by atoms with van der Waals surface area (Å²) >= 11 is 0. The van der Waals surface area contributed by atoms with Crippen molar-refractivity contribution in [3.05, 3.63) is 17.8 Å². The first kappa shape index (κ1) is 36.2. The predicted octanol–water partition coefficient (Wildman–Crippen LogP) is 5.10. The molecule has 0 aliphatic carbocycles. The molecule has 2 aromatic heterocycles. The summed E-state index contributed by atoms with van der Waals surface area (Å²) in [6.45, 7) is 17.7. The highest BCUT2D eigenvalue weighted by Crippen LogP contribution is 2.28. The third-order valence-electron chi connectivity index (χ3n) is 8.18. The van der Waals surface area contributed by atoms with E-state index in [1.165, 1.54) is 0 Å². The first-order valence-corrected chi connectivity index (χ1v) is 16.5. The highest BCUT2D eigenvalue weighted by molar-refractivity contribution is 5.92. The van der Waals surface area contributed by atoms with Gasteiger partial charge in [-0.3, -0.25) is 4.79 Å². The number of nitrogens with one attached hydrogen (secondary N) is 2. The fraction of sp³-hybridized carbons (Fsp3) is 0.727. The molecule has 4 rings (SSSR count). The summed E-state index contributed by atoms with van der Waals surface area (Å²) in [5.74, 6) is 0.939. The number of carbonyl (C=O) groups is 3. The number of piperidine rings is 2. The fourth-order valence-corrected chi connectivity index (χ4v) is 5.72. The zero-order valence-electron chi connectivity index (χ0n) is 29.4. The number of hydrogen-bond donors (Lipinski definition) is 2. The van der Waals surface area contributed by atoms with E-state index in [0.717, 1.165) is 5.56 Å². The predicted molar refractivity (Wildman–Crippen MR) is 177 cm³/mol. The lowest BCUT2D eigenvalue weighted by molar-refractivity contribution is -0.121. The Balaban J connectivity index is 1.46. The molecule has 3 amide bonds. The molecule has 14 nitrogen and oxygen atoms in total. The van der Waals surface area contributed by atoms with E-state index in [1.807, 2.05) is 41.5 Å². The normalized spacial score (nSPS) is 19.6. The second-order valence-corrected chi connectivity index (χ2v) is 14.7. The number of hydrogen-bond acceptors (Lipinski definition) is 10. The van der Waals surface area contributed by atoms with Gasteiger partial charge in [-0.2, -0.15) is 9.61 Å². The van der Waals surface area contributed by atoms with Gasteiger partial charge in [-0.05, 0) is 66.7 Å². The van der Waals surface area contributed by atoms with Crippen molar-refractivity contribution in [1.82, 2.24) is 24.4 Å². The number of likely N-dealkylation sites (tertiary alicyclic amines) is 2. The van der Waals surface area contributed by atoms with E-state index in [-0.39, 0.29) is 48.7 Å². The van der Waals surface area contributed by atoms with Crippen LogP contribution in [0.25, 0.3) is 5.65 Å². The maximum atomic E-state index is 13.5. The molecule has 2 aliphatic heterocycles. The van der Waals surface area contributed by atoms with Crippen LogP contribution in [0.2, 0.25) is 0 Å². The Morgan fingerprint density at radius 1 is 0.957 bits per heavy atom. The summed E-state index contributed by atoms with van der Waals surface area (Å²) in [4.78, 5) is 47.0. The van der Waals surface area contributed by atoms with Crippen molar-refractivity contribution >= 4 is 35.4 Å². The van der Waals surface area contributed by atoms with Gasteiger partial charge in [0.05, 0.1) is 18.8 Å². The van der Waals surface area contributed by atoms with Crippen molar-refractivity contribution < 1.29 is 33.3 Å². The second kappa shape index (κ2) is 15.1. The number of amides is 3. The topological polar surface area (TPSA) is 149 Å². The van der Waals surface area contributed by atoms with E-state index in [1.54, 1.807) is 33.7 Å². The molecule has 0 spiro atoms. The van der Waals surface area contributed by atoms with Gasteiger partial charge in [0.25, 0.3) is 0 Å². The van der Waals surface area contributed by atoms with E-state index in [2.05, 4.69) is 29.6 Å². The molecule has 2 atom stereocenters.